The number of aryl methyl sites for hydroxylation is 1. The summed E-state index contributed by atoms with van der Waals surface area (Å²) in [4.78, 5) is 39.0. The number of nitrogens with zero attached hydrogens (tertiary/aromatic N) is 2. The van der Waals surface area contributed by atoms with E-state index in [2.05, 4.69) is 10.6 Å². The molecule has 9 heteroatoms. The van der Waals surface area contributed by atoms with E-state index in [1.165, 1.54) is 23.8 Å². The van der Waals surface area contributed by atoms with Gasteiger partial charge in [-0.3, -0.25) is 14.4 Å². The number of amides is 2. The van der Waals surface area contributed by atoms with E-state index in [4.69, 9.17) is 4.74 Å². The van der Waals surface area contributed by atoms with E-state index < -0.39 is 5.91 Å². The molecule has 44 heavy (non-hydrogen) atoms. The number of anilines is 1. The molecule has 1 aliphatic rings. The quantitative estimate of drug-likeness (QED) is 0.268. The number of hydrogen-bond donors (Lipinski definition) is 2. The lowest BCUT2D eigenvalue weighted by atomic mass is 9.90. The van der Waals surface area contributed by atoms with Gasteiger partial charge in [-0.2, -0.15) is 0 Å². The Kier molecular flexibility index (Phi) is 8.96. The molecule has 0 radical (unpaired) electrons. The summed E-state index contributed by atoms with van der Waals surface area (Å²) in [5.74, 6) is -0.271. The first-order valence-electron chi connectivity index (χ1n) is 14.6. The molecule has 0 saturated carbocycles. The molecule has 0 spiro atoms. The van der Waals surface area contributed by atoms with Crippen LogP contribution in [0.4, 0.5) is 10.1 Å². The molecule has 8 nitrogen and oxygen atoms in total. The third kappa shape index (κ3) is 6.01. The Balaban J connectivity index is 1.41. The number of methoxy groups -OCH3 is 1. The van der Waals surface area contributed by atoms with Crippen LogP contribution in [0.1, 0.15) is 39.9 Å². The third-order valence-corrected chi connectivity index (χ3v) is 8.57. The number of hydrogen-bond acceptors (Lipinski definition) is 5. The van der Waals surface area contributed by atoms with Gasteiger partial charge in [-0.25, -0.2) is 4.39 Å². The van der Waals surface area contributed by atoms with E-state index in [1.54, 1.807) is 37.3 Å². The van der Waals surface area contributed by atoms with Crippen LogP contribution < -0.4 is 20.9 Å². The Labute approximate surface area is 256 Å². The van der Waals surface area contributed by atoms with Gasteiger partial charge >= 0.3 is 0 Å². The van der Waals surface area contributed by atoms with Crippen molar-refractivity contribution in [2.45, 2.75) is 39.3 Å². The minimum absolute atomic E-state index is 0.0635. The molecule has 3 aromatic carbocycles. The highest BCUT2D eigenvalue weighted by Gasteiger charge is 2.27. The fourth-order valence-corrected chi connectivity index (χ4v) is 5.85. The highest BCUT2D eigenvalue weighted by molar-refractivity contribution is 6.05. The van der Waals surface area contributed by atoms with E-state index in [0.29, 0.717) is 35.5 Å². The van der Waals surface area contributed by atoms with Gasteiger partial charge in [0.2, 0.25) is 5.91 Å². The van der Waals surface area contributed by atoms with E-state index in [-0.39, 0.29) is 35.4 Å². The molecule has 4 aromatic rings. The number of pyridine rings is 1. The second-order valence-electron chi connectivity index (χ2n) is 11.2. The zero-order valence-corrected chi connectivity index (χ0v) is 25.7. The first kappa shape index (κ1) is 30.7. The summed E-state index contributed by atoms with van der Waals surface area (Å²) in [5, 5.41) is 6.18. The molecule has 2 heterocycles. The Morgan fingerprint density at radius 1 is 0.977 bits per heavy atom. The summed E-state index contributed by atoms with van der Waals surface area (Å²) in [6, 6.07) is 18.2. The Bertz CT molecular complexity index is 1800. The van der Waals surface area contributed by atoms with Crippen LogP contribution in [0.15, 0.2) is 71.7 Å². The monoisotopic (exact) mass is 596 g/mol. The zero-order chi connectivity index (χ0) is 31.5. The predicted octanol–water partition coefficient (Wildman–Crippen LogP) is 5.45. The number of ether oxygens (including phenoxy) is 1. The lowest BCUT2D eigenvalue weighted by Crippen LogP contribution is -2.37. The number of aromatic nitrogens is 1. The molecule has 0 aliphatic carbocycles. The second kappa shape index (κ2) is 12.9. The number of benzene rings is 3. The van der Waals surface area contributed by atoms with E-state index in [9.17, 15) is 14.4 Å². The summed E-state index contributed by atoms with van der Waals surface area (Å²) < 4.78 is 22.5. The number of carbonyl (C=O) groups excluding carboxylic acids is 2. The molecule has 0 bridgehead atoms. The second-order valence-corrected chi connectivity index (χ2v) is 11.2. The molecule has 1 fully saturated rings. The molecule has 228 valence electrons. The molecular formula is C35H37FN4O4. The molecule has 2 N–H and O–H groups in total. The molecule has 2 amide bonds. The molecule has 1 atom stereocenters. The van der Waals surface area contributed by atoms with Gasteiger partial charge in [-0.1, -0.05) is 30.3 Å². The first-order valence-corrected chi connectivity index (χ1v) is 14.6. The van der Waals surface area contributed by atoms with Crippen molar-refractivity contribution in [3.63, 3.8) is 0 Å². The topological polar surface area (TPSA) is 92.7 Å². The minimum atomic E-state index is -0.474. The lowest BCUT2D eigenvalue weighted by molar-refractivity contribution is -0.127. The molecule has 5 rings (SSSR count). The van der Waals surface area contributed by atoms with Crippen LogP contribution in [0.5, 0.6) is 5.75 Å². The largest absolute Gasteiger partial charge is 0.496 e. The van der Waals surface area contributed by atoms with Gasteiger partial charge in [0.1, 0.15) is 17.1 Å². The van der Waals surface area contributed by atoms with Crippen LogP contribution in [-0.2, 0) is 18.4 Å². The molecule has 1 saturated heterocycles. The fourth-order valence-electron chi connectivity index (χ4n) is 5.85. The van der Waals surface area contributed by atoms with Crippen LogP contribution in [-0.4, -0.2) is 48.0 Å². The summed E-state index contributed by atoms with van der Waals surface area (Å²) in [7, 11) is 4.94. The van der Waals surface area contributed by atoms with Crippen molar-refractivity contribution in [3.8, 4) is 28.0 Å². The minimum Gasteiger partial charge on any atom is -0.496 e. The third-order valence-electron chi connectivity index (χ3n) is 8.57. The fraction of sp³-hybridized carbons (Fsp3) is 0.286. The highest BCUT2D eigenvalue weighted by Crippen LogP contribution is 2.37. The van der Waals surface area contributed by atoms with Crippen LogP contribution in [0.3, 0.4) is 0 Å². The smallest absolute Gasteiger partial charge is 0.263 e. The van der Waals surface area contributed by atoms with E-state index >= 15 is 4.39 Å². The number of likely N-dealkylation sites (N-methyl/N-ethyl adjacent to an activating group) is 1. The zero-order valence-electron chi connectivity index (χ0n) is 25.7. The maximum absolute atomic E-state index is 15.6. The molecule has 1 aliphatic heterocycles. The van der Waals surface area contributed by atoms with Gasteiger partial charge in [0, 0.05) is 57.1 Å². The van der Waals surface area contributed by atoms with Crippen molar-refractivity contribution in [1.29, 1.82) is 0 Å². The van der Waals surface area contributed by atoms with Gasteiger partial charge in [-0.05, 0) is 84.0 Å². The predicted molar refractivity (Wildman–Crippen MR) is 170 cm³/mol. The SMILES string of the molecule is COc1cc(-c2cccc(-c3cccc(NC(=O)c4cccn(C)c4=O)c3C)c2C)cc(F)c1CNCC1CCC(=O)N1C. The lowest BCUT2D eigenvalue weighted by Gasteiger charge is -2.21. The Morgan fingerprint density at radius 2 is 1.68 bits per heavy atom. The molecule has 1 unspecified atom stereocenters. The van der Waals surface area contributed by atoms with Gasteiger partial charge in [-0.15, -0.1) is 0 Å². The summed E-state index contributed by atoms with van der Waals surface area (Å²) in [6.45, 7) is 4.76. The normalized spacial score (nSPS) is 14.6. The van der Waals surface area contributed by atoms with Crippen LogP contribution in [0, 0.1) is 19.7 Å². The van der Waals surface area contributed by atoms with Gasteiger partial charge in [0.05, 0.1) is 7.11 Å². The standard InChI is InChI=1S/C35H37FN4O4/c1-21-25(23-17-30(36)29(32(18-23)44-5)20-37-19-24-14-15-33(41)40(24)4)9-6-10-26(21)27-11-7-13-31(22(27)2)38-34(42)28-12-8-16-39(3)35(28)43/h6-13,16-18,24,37H,14-15,19-20H2,1-5H3,(H,38,42). The Hall–Kier alpha value is -4.76. The van der Waals surface area contributed by atoms with Crippen LogP contribution in [0.2, 0.25) is 0 Å². The number of likely N-dealkylation sites (tertiary alicyclic amines) is 1. The first-order chi connectivity index (χ1) is 21.1. The van der Waals surface area contributed by atoms with Crippen molar-refractivity contribution < 1.29 is 18.7 Å². The average Bonchev–Trinajstić information content (AvgIpc) is 3.32. The van der Waals surface area contributed by atoms with Crippen molar-refractivity contribution in [2.24, 2.45) is 7.05 Å². The maximum atomic E-state index is 15.6. The van der Waals surface area contributed by atoms with Crippen molar-refractivity contribution in [3.05, 3.63) is 105 Å². The number of nitrogens with one attached hydrogen (secondary N) is 2. The van der Waals surface area contributed by atoms with Gasteiger partial charge < -0.3 is 24.8 Å². The number of halogens is 1. The van der Waals surface area contributed by atoms with Crippen LogP contribution in [0.25, 0.3) is 22.3 Å². The highest BCUT2D eigenvalue weighted by atomic mass is 19.1. The maximum Gasteiger partial charge on any atom is 0.263 e. The Morgan fingerprint density at radius 3 is 2.39 bits per heavy atom. The van der Waals surface area contributed by atoms with E-state index in [1.807, 2.05) is 50.2 Å². The number of rotatable bonds is 9. The van der Waals surface area contributed by atoms with Gasteiger partial charge in [0.25, 0.3) is 11.5 Å². The molecular weight excluding hydrogens is 559 g/mol. The van der Waals surface area contributed by atoms with Crippen molar-refractivity contribution in [1.82, 2.24) is 14.8 Å². The van der Waals surface area contributed by atoms with Crippen molar-refractivity contribution >= 4 is 17.5 Å². The average molecular weight is 597 g/mol. The molecule has 1 aromatic heterocycles. The number of carbonyl (C=O) groups is 2. The van der Waals surface area contributed by atoms with Crippen molar-refractivity contribution in [2.75, 3.05) is 26.0 Å². The van der Waals surface area contributed by atoms with Gasteiger partial charge in [0.15, 0.2) is 0 Å². The summed E-state index contributed by atoms with van der Waals surface area (Å²) >= 11 is 0. The van der Waals surface area contributed by atoms with E-state index in [0.717, 1.165) is 34.2 Å². The summed E-state index contributed by atoms with van der Waals surface area (Å²) in [6.07, 6.45) is 2.94. The van der Waals surface area contributed by atoms with Crippen LogP contribution >= 0.6 is 0 Å². The summed E-state index contributed by atoms with van der Waals surface area (Å²) in [5.41, 5.74) is 5.89.